The molecule has 2 aliphatic carbocycles. The normalized spacial score (nSPS) is 27.1. The highest BCUT2D eigenvalue weighted by atomic mass is 32.2. The predicted octanol–water partition coefficient (Wildman–Crippen LogP) is -0.278. The summed E-state index contributed by atoms with van der Waals surface area (Å²) in [6.45, 7) is 0.307. The number of nitrogens with two attached hydrogens (primary N) is 1. The molecule has 2 fully saturated rings. The van der Waals surface area contributed by atoms with Crippen LogP contribution < -0.4 is 9.86 Å². The van der Waals surface area contributed by atoms with Crippen molar-refractivity contribution in [1.82, 2.24) is 4.72 Å². The van der Waals surface area contributed by atoms with Crippen molar-refractivity contribution in [2.75, 3.05) is 13.2 Å². The molecule has 0 bridgehead atoms. The molecule has 4 N–H and O–H groups in total. The van der Waals surface area contributed by atoms with E-state index in [1.54, 1.807) is 0 Å². The lowest BCUT2D eigenvalue weighted by molar-refractivity contribution is -0.116. The first-order valence-corrected chi connectivity index (χ1v) is 6.82. The fraction of sp³-hybridized carbons (Fsp3) is 1.00. The van der Waals surface area contributed by atoms with E-state index < -0.39 is 10.2 Å². The zero-order chi connectivity index (χ0) is 11.2. The highest BCUT2D eigenvalue weighted by Crippen LogP contribution is 2.63. The second-order valence-electron chi connectivity index (χ2n) is 5.23. The average molecular weight is 234 g/mol. The quantitative estimate of drug-likeness (QED) is 0.624. The van der Waals surface area contributed by atoms with Gasteiger partial charge in [-0.3, -0.25) is 0 Å². The monoisotopic (exact) mass is 234 g/mol. The Bertz CT molecular complexity index is 340. The molecular weight excluding hydrogens is 216 g/mol. The van der Waals surface area contributed by atoms with E-state index in [0.717, 1.165) is 12.8 Å². The number of hydrogen-bond acceptors (Lipinski definition) is 3. The molecule has 0 aliphatic heterocycles. The molecule has 2 rings (SSSR count). The third-order valence-corrected chi connectivity index (χ3v) is 4.44. The van der Waals surface area contributed by atoms with Gasteiger partial charge < -0.3 is 5.11 Å². The van der Waals surface area contributed by atoms with Crippen molar-refractivity contribution in [3.8, 4) is 0 Å². The van der Waals surface area contributed by atoms with Crippen LogP contribution in [0.1, 0.15) is 32.1 Å². The minimum absolute atomic E-state index is 0.0390. The number of aliphatic hydroxyl groups excluding tert-OH is 1. The standard InChI is InChI=1S/C9H18N2O3S/c10-15(13,14)11-6-9(7-12)4-8(5-9)2-1-3-8/h11-12H,1-7H2,(H2,10,13,14). The first-order valence-electron chi connectivity index (χ1n) is 5.27. The number of rotatable bonds is 4. The van der Waals surface area contributed by atoms with Crippen LogP contribution in [0.5, 0.6) is 0 Å². The number of aliphatic hydroxyl groups is 1. The first kappa shape index (κ1) is 11.3. The summed E-state index contributed by atoms with van der Waals surface area (Å²) in [5.41, 5.74) is 0.162. The molecule has 2 aliphatic rings. The third kappa shape index (κ3) is 2.18. The summed E-state index contributed by atoms with van der Waals surface area (Å²) < 4.78 is 23.8. The fourth-order valence-electron chi connectivity index (χ4n) is 3.12. The van der Waals surface area contributed by atoms with E-state index >= 15 is 0 Å². The topological polar surface area (TPSA) is 92.4 Å². The molecule has 0 amide bonds. The molecule has 0 saturated heterocycles. The maximum Gasteiger partial charge on any atom is 0.274 e. The lowest BCUT2D eigenvalue weighted by Crippen LogP contribution is -2.57. The molecule has 0 atom stereocenters. The Labute approximate surface area is 90.2 Å². The minimum Gasteiger partial charge on any atom is -0.396 e. The van der Waals surface area contributed by atoms with E-state index in [1.807, 2.05) is 0 Å². The van der Waals surface area contributed by atoms with Gasteiger partial charge >= 0.3 is 0 Å². The molecule has 0 aromatic heterocycles. The van der Waals surface area contributed by atoms with Crippen LogP contribution in [0, 0.1) is 10.8 Å². The van der Waals surface area contributed by atoms with Gasteiger partial charge in [0.1, 0.15) is 0 Å². The van der Waals surface area contributed by atoms with Crippen molar-refractivity contribution in [3.63, 3.8) is 0 Å². The maximum absolute atomic E-state index is 10.8. The molecule has 5 nitrogen and oxygen atoms in total. The number of nitrogens with one attached hydrogen (secondary N) is 1. The lowest BCUT2D eigenvalue weighted by atomic mass is 9.45. The second-order valence-corrected chi connectivity index (χ2v) is 6.61. The molecule has 15 heavy (non-hydrogen) atoms. The van der Waals surface area contributed by atoms with Crippen molar-refractivity contribution >= 4 is 10.2 Å². The molecule has 2 saturated carbocycles. The van der Waals surface area contributed by atoms with Crippen molar-refractivity contribution in [2.24, 2.45) is 16.0 Å². The molecule has 1 spiro atoms. The number of hydrogen-bond donors (Lipinski definition) is 3. The SMILES string of the molecule is NS(=O)(=O)NCC1(CO)CC2(CCC2)C1. The van der Waals surface area contributed by atoms with Gasteiger partial charge in [0.25, 0.3) is 10.2 Å². The molecule has 6 heteroatoms. The van der Waals surface area contributed by atoms with E-state index in [2.05, 4.69) is 4.72 Å². The zero-order valence-corrected chi connectivity index (χ0v) is 9.52. The Morgan fingerprint density at radius 1 is 1.33 bits per heavy atom. The van der Waals surface area contributed by atoms with Gasteiger partial charge in [-0.1, -0.05) is 6.42 Å². The summed E-state index contributed by atoms with van der Waals surface area (Å²) in [4.78, 5) is 0. The molecular formula is C9H18N2O3S. The average Bonchev–Trinajstić information content (AvgIpc) is 1.98. The van der Waals surface area contributed by atoms with Gasteiger partial charge in [-0.25, -0.2) is 9.86 Å². The van der Waals surface area contributed by atoms with Crippen LogP contribution in [0.25, 0.3) is 0 Å². The summed E-state index contributed by atoms with van der Waals surface area (Å²) in [5.74, 6) is 0. The van der Waals surface area contributed by atoms with Crippen LogP contribution in [-0.4, -0.2) is 26.7 Å². The van der Waals surface area contributed by atoms with Gasteiger partial charge in [0, 0.05) is 18.6 Å². The van der Waals surface area contributed by atoms with Crippen LogP contribution in [0.3, 0.4) is 0 Å². The zero-order valence-electron chi connectivity index (χ0n) is 8.70. The Hall–Kier alpha value is -0.170. The summed E-state index contributed by atoms with van der Waals surface area (Å²) >= 11 is 0. The van der Waals surface area contributed by atoms with Crippen molar-refractivity contribution in [3.05, 3.63) is 0 Å². The van der Waals surface area contributed by atoms with Gasteiger partial charge in [-0.05, 0) is 31.1 Å². The Morgan fingerprint density at radius 3 is 2.27 bits per heavy atom. The summed E-state index contributed by atoms with van der Waals surface area (Å²) in [6.07, 6.45) is 5.58. The Morgan fingerprint density at radius 2 is 1.93 bits per heavy atom. The van der Waals surface area contributed by atoms with Crippen LogP contribution in [-0.2, 0) is 10.2 Å². The fourth-order valence-corrected chi connectivity index (χ4v) is 3.62. The van der Waals surface area contributed by atoms with Crippen LogP contribution in [0.15, 0.2) is 0 Å². The van der Waals surface area contributed by atoms with Gasteiger partial charge in [0.15, 0.2) is 0 Å². The van der Waals surface area contributed by atoms with Crippen molar-refractivity contribution in [2.45, 2.75) is 32.1 Å². The van der Waals surface area contributed by atoms with Crippen LogP contribution in [0.4, 0.5) is 0 Å². The lowest BCUT2D eigenvalue weighted by Gasteiger charge is -2.60. The second kappa shape index (κ2) is 3.41. The molecule has 0 radical (unpaired) electrons. The summed E-state index contributed by atoms with van der Waals surface area (Å²) in [7, 11) is -3.63. The Balaban J connectivity index is 1.89. The highest BCUT2D eigenvalue weighted by molar-refractivity contribution is 7.87. The van der Waals surface area contributed by atoms with Gasteiger partial charge in [-0.15, -0.1) is 0 Å². The van der Waals surface area contributed by atoms with E-state index in [9.17, 15) is 13.5 Å². The van der Waals surface area contributed by atoms with E-state index in [4.69, 9.17) is 5.14 Å². The summed E-state index contributed by atoms with van der Waals surface area (Å²) in [5, 5.41) is 14.2. The molecule has 88 valence electrons. The molecule has 0 heterocycles. The first-order chi connectivity index (χ1) is 6.89. The summed E-state index contributed by atoms with van der Waals surface area (Å²) in [6, 6.07) is 0. The van der Waals surface area contributed by atoms with Crippen LogP contribution >= 0.6 is 0 Å². The van der Waals surface area contributed by atoms with E-state index in [-0.39, 0.29) is 18.6 Å². The Kier molecular flexibility index (Phi) is 2.57. The van der Waals surface area contributed by atoms with E-state index in [1.165, 1.54) is 19.3 Å². The molecule has 0 aromatic carbocycles. The van der Waals surface area contributed by atoms with Crippen molar-refractivity contribution < 1.29 is 13.5 Å². The smallest absolute Gasteiger partial charge is 0.274 e. The minimum atomic E-state index is -3.63. The van der Waals surface area contributed by atoms with Gasteiger partial charge in [0.2, 0.25) is 0 Å². The van der Waals surface area contributed by atoms with Crippen molar-refractivity contribution in [1.29, 1.82) is 0 Å². The molecule has 0 aromatic rings. The largest absolute Gasteiger partial charge is 0.396 e. The predicted molar refractivity (Wildman–Crippen MR) is 56.1 cm³/mol. The maximum atomic E-state index is 10.8. The highest BCUT2D eigenvalue weighted by Gasteiger charge is 2.56. The molecule has 0 unspecified atom stereocenters. The van der Waals surface area contributed by atoms with Crippen LogP contribution in [0.2, 0.25) is 0 Å². The van der Waals surface area contributed by atoms with Gasteiger partial charge in [-0.2, -0.15) is 8.42 Å². The van der Waals surface area contributed by atoms with E-state index in [0.29, 0.717) is 5.41 Å². The van der Waals surface area contributed by atoms with Gasteiger partial charge in [0.05, 0.1) is 0 Å². The third-order valence-electron chi connectivity index (χ3n) is 3.90.